The van der Waals surface area contributed by atoms with E-state index >= 15 is 0 Å². The summed E-state index contributed by atoms with van der Waals surface area (Å²) in [5.41, 5.74) is 14.6. The normalized spacial score (nSPS) is 21.6. The van der Waals surface area contributed by atoms with Gasteiger partial charge in [-0.15, -0.1) is 0 Å². The molecular formula is C49H65N9O10S3. The molecular weight excluding hydrogens is 971 g/mol. The monoisotopic (exact) mass is 1040 g/mol. The van der Waals surface area contributed by atoms with Crippen molar-refractivity contribution in [1.29, 1.82) is 0 Å². The summed E-state index contributed by atoms with van der Waals surface area (Å²) in [5.74, 6) is 1.28. The topological polar surface area (TPSA) is 254 Å². The lowest BCUT2D eigenvalue weighted by molar-refractivity contribution is -0.151. The first-order valence-corrected chi connectivity index (χ1v) is 28.4. The first kappa shape index (κ1) is 52.2. The molecule has 2 aromatic carbocycles. The molecule has 4 heterocycles. The fourth-order valence-corrected chi connectivity index (χ4v) is 12.7. The van der Waals surface area contributed by atoms with Crippen LogP contribution in [0.25, 0.3) is 11.2 Å². The third-order valence-electron chi connectivity index (χ3n) is 12.7. The minimum Gasteiger partial charge on any atom is -0.465 e. The zero-order valence-corrected chi connectivity index (χ0v) is 42.6. The van der Waals surface area contributed by atoms with E-state index < -0.39 is 46.6 Å². The van der Waals surface area contributed by atoms with E-state index in [4.69, 9.17) is 35.2 Å². The first-order valence-electron chi connectivity index (χ1n) is 24.4. The maximum Gasteiger partial charge on any atom is 0.407 e. The van der Waals surface area contributed by atoms with E-state index in [0.717, 1.165) is 24.8 Å². The molecule has 2 saturated heterocycles. The van der Waals surface area contributed by atoms with Gasteiger partial charge in [0.25, 0.3) is 0 Å². The van der Waals surface area contributed by atoms with Gasteiger partial charge in [-0.3, -0.25) is 9.59 Å². The summed E-state index contributed by atoms with van der Waals surface area (Å²) in [6, 6.07) is 14.9. The predicted octanol–water partition coefficient (Wildman–Crippen LogP) is 6.52. The van der Waals surface area contributed by atoms with E-state index in [0.29, 0.717) is 66.1 Å². The highest BCUT2D eigenvalue weighted by molar-refractivity contribution is 8.76. The highest BCUT2D eigenvalue weighted by atomic mass is 33.1. The number of fused-ring (bicyclic) bond motifs is 2. The minimum atomic E-state index is -4.11. The zero-order chi connectivity index (χ0) is 49.9. The molecule has 0 radical (unpaired) electrons. The molecule has 8 rings (SSSR count). The van der Waals surface area contributed by atoms with Crippen LogP contribution in [0.15, 0.2) is 78.0 Å². The van der Waals surface area contributed by atoms with Crippen LogP contribution in [0.1, 0.15) is 76.8 Å². The fraction of sp³-hybridized carbons (Fsp3) is 0.551. The lowest BCUT2D eigenvalue weighted by atomic mass is 10.0. The summed E-state index contributed by atoms with van der Waals surface area (Å²) < 4.78 is 60.9. The van der Waals surface area contributed by atoms with Gasteiger partial charge in [-0.2, -0.15) is 14.3 Å². The van der Waals surface area contributed by atoms with Crippen molar-refractivity contribution >= 4 is 78.3 Å². The number of carbonyl (C=O) groups is 3. The van der Waals surface area contributed by atoms with Crippen molar-refractivity contribution in [1.82, 2.24) is 29.1 Å². The van der Waals surface area contributed by atoms with Crippen LogP contribution in [0, 0.1) is 17.8 Å². The van der Waals surface area contributed by atoms with E-state index in [1.807, 2.05) is 48.7 Å². The molecule has 0 bridgehead atoms. The Balaban J connectivity index is 0.810. The van der Waals surface area contributed by atoms with Crippen molar-refractivity contribution in [2.24, 2.45) is 17.8 Å². The van der Waals surface area contributed by atoms with Crippen LogP contribution >= 0.6 is 21.6 Å². The average Bonchev–Trinajstić information content (AvgIpc) is 3.69. The number of nitrogens with two attached hydrogens (primary N) is 2. The SMILES string of the molecule is CC(C)CN(C[C@@H](OC(=O)CCCSSCCCC(=O)OC[C@@H]1C=C[C@H](n2cnc3c(NC4CC4)nc(N)nc32)C1)[C@H](Cc1ccccc1)NC(=O)O[C@H]1CO[C@H]2OCC[C@H]21)S(=O)(=O)c1ccc(N)cc1. The Morgan fingerprint density at radius 2 is 1.68 bits per heavy atom. The lowest BCUT2D eigenvalue weighted by Gasteiger charge is -2.33. The van der Waals surface area contributed by atoms with Crippen LogP contribution in [0.4, 0.5) is 22.2 Å². The number of esters is 2. The molecule has 22 heteroatoms. The van der Waals surface area contributed by atoms with Crippen LogP contribution in [0.5, 0.6) is 0 Å². The molecule has 6 N–H and O–H groups in total. The number of hydrogen-bond acceptors (Lipinski definition) is 18. The largest absolute Gasteiger partial charge is 0.465 e. The van der Waals surface area contributed by atoms with E-state index in [1.165, 1.54) is 28.6 Å². The zero-order valence-electron chi connectivity index (χ0n) is 40.1. The third-order valence-corrected chi connectivity index (χ3v) is 17.1. The Bertz CT molecular complexity index is 2570. The van der Waals surface area contributed by atoms with Crippen LogP contribution in [-0.4, -0.2) is 125 Å². The molecule has 4 aliphatic rings. The highest BCUT2D eigenvalue weighted by Gasteiger charge is 2.44. The number of allylic oxidation sites excluding steroid dienone is 1. The average molecular weight is 1040 g/mol. The van der Waals surface area contributed by atoms with Crippen LogP contribution in [0.2, 0.25) is 0 Å². The Morgan fingerprint density at radius 1 is 0.930 bits per heavy atom. The second kappa shape index (κ2) is 24.5. The number of rotatable bonds is 26. The summed E-state index contributed by atoms with van der Waals surface area (Å²) in [5, 5.41) is 6.35. The van der Waals surface area contributed by atoms with E-state index in [-0.39, 0.29) is 86.2 Å². The number of imidazole rings is 1. The van der Waals surface area contributed by atoms with Gasteiger partial charge in [0.05, 0.1) is 55.6 Å². The summed E-state index contributed by atoms with van der Waals surface area (Å²) in [4.78, 5) is 53.6. The molecule has 3 fully saturated rings. The second-order valence-corrected chi connectivity index (χ2v) is 23.5. The van der Waals surface area contributed by atoms with Crippen molar-refractivity contribution in [3.8, 4) is 0 Å². The number of nitrogens with zero attached hydrogens (tertiary/aromatic N) is 5. The van der Waals surface area contributed by atoms with Crippen molar-refractivity contribution < 1.29 is 46.5 Å². The lowest BCUT2D eigenvalue weighted by Crippen LogP contribution is -2.53. The van der Waals surface area contributed by atoms with Gasteiger partial charge in [0.1, 0.15) is 12.2 Å². The molecule has 2 aromatic heterocycles. The fourth-order valence-electron chi connectivity index (χ4n) is 8.88. The highest BCUT2D eigenvalue weighted by Crippen LogP contribution is 2.35. The van der Waals surface area contributed by atoms with E-state index in [1.54, 1.807) is 27.9 Å². The standard InChI is InChI=1S/C49H65N9O10S3/c1-31(2)26-57(71(62,63)37-18-13-34(50)14-19-37)27-40(39(25-32-8-4-3-5-9-32)54-49(61)68-41-29-66-47-38(41)20-21-64-47)67-43(60)11-7-23-70-69-22-6-10-42(59)65-28-33-12-17-36(24-33)58-30-52-44-45(53-35-15-16-35)55-48(51)56-46(44)58/h3-5,8-9,12-14,17-19,30-31,33,35-36,38-41,47H,6-7,10-11,15-16,20-29,50H2,1-2H3,(H,54,61)(H3,51,53,55,56)/t33-,36+,38+,39+,40-,41+,47-/m1/s1. The molecule has 2 aliphatic carbocycles. The summed E-state index contributed by atoms with van der Waals surface area (Å²) >= 11 is 0. The van der Waals surface area contributed by atoms with Crippen molar-refractivity contribution in [3.05, 3.63) is 78.6 Å². The maximum absolute atomic E-state index is 14.3. The van der Waals surface area contributed by atoms with Gasteiger partial charge in [0, 0.05) is 48.5 Å². The van der Waals surface area contributed by atoms with Gasteiger partial charge >= 0.3 is 18.0 Å². The third kappa shape index (κ3) is 14.5. The number of anilines is 3. The number of ether oxygens (including phenoxy) is 5. The second-order valence-electron chi connectivity index (χ2n) is 18.9. The van der Waals surface area contributed by atoms with Gasteiger partial charge in [0.2, 0.25) is 16.0 Å². The summed E-state index contributed by atoms with van der Waals surface area (Å²) in [6.07, 6.45) is 8.43. The Labute approximate surface area is 422 Å². The number of sulfonamides is 1. The van der Waals surface area contributed by atoms with Crippen LogP contribution in [0.3, 0.4) is 0 Å². The molecule has 1 amide bonds. The molecule has 0 unspecified atom stereocenters. The van der Waals surface area contributed by atoms with Crippen molar-refractivity contribution in [2.45, 2.75) is 113 Å². The Morgan fingerprint density at radius 3 is 2.41 bits per heavy atom. The molecule has 384 valence electrons. The number of alkyl carbamates (subject to hydrolysis) is 1. The number of hydrogen-bond donors (Lipinski definition) is 4. The predicted molar refractivity (Wildman–Crippen MR) is 272 cm³/mol. The van der Waals surface area contributed by atoms with Crippen LogP contribution < -0.4 is 22.1 Å². The number of nitrogen functional groups attached to an aromatic ring is 2. The van der Waals surface area contributed by atoms with Crippen molar-refractivity contribution in [2.75, 3.05) is 61.2 Å². The molecule has 2 aliphatic heterocycles. The number of aromatic nitrogens is 4. The minimum absolute atomic E-state index is 0.00574. The molecule has 0 spiro atoms. The first-order chi connectivity index (χ1) is 34.3. The van der Waals surface area contributed by atoms with Crippen molar-refractivity contribution in [3.63, 3.8) is 0 Å². The quantitative estimate of drug-likeness (QED) is 0.0130. The molecule has 7 atom stereocenters. The van der Waals surface area contributed by atoms with Gasteiger partial charge in [-0.25, -0.2) is 18.2 Å². The van der Waals surface area contributed by atoms with E-state index in [2.05, 4.69) is 37.7 Å². The molecule has 1 saturated carbocycles. The molecule has 4 aromatic rings. The number of amides is 1. The Kier molecular flexibility index (Phi) is 18.0. The number of carbonyl (C=O) groups excluding carboxylic acids is 3. The Hall–Kier alpha value is -5.13. The maximum atomic E-state index is 14.3. The smallest absolute Gasteiger partial charge is 0.407 e. The van der Waals surface area contributed by atoms with Gasteiger partial charge in [-0.1, -0.05) is 77.9 Å². The van der Waals surface area contributed by atoms with Gasteiger partial charge in [0.15, 0.2) is 23.3 Å². The molecule has 71 heavy (non-hydrogen) atoms. The number of benzene rings is 2. The van der Waals surface area contributed by atoms with E-state index in [9.17, 15) is 22.8 Å². The van der Waals surface area contributed by atoms with Gasteiger partial charge < -0.3 is 50.4 Å². The summed E-state index contributed by atoms with van der Waals surface area (Å²) in [6.45, 7) is 4.67. The summed E-state index contributed by atoms with van der Waals surface area (Å²) in [7, 11) is -0.901. The number of nitrogens with one attached hydrogen (secondary N) is 2. The van der Waals surface area contributed by atoms with Gasteiger partial charge in [-0.05, 0) is 80.7 Å². The molecule has 19 nitrogen and oxygen atoms in total. The van der Waals surface area contributed by atoms with Crippen LogP contribution in [-0.2, 0) is 49.7 Å².